The van der Waals surface area contributed by atoms with E-state index in [1.165, 1.54) is 19.4 Å². The van der Waals surface area contributed by atoms with Crippen LogP contribution < -0.4 is 11.1 Å². The van der Waals surface area contributed by atoms with Gasteiger partial charge >= 0.3 is 11.5 Å². The molecule has 0 unspecified atom stereocenters. The zero-order valence-corrected chi connectivity index (χ0v) is 10.8. The lowest BCUT2D eigenvalue weighted by Crippen LogP contribution is -2.14. The number of anilines is 2. The van der Waals surface area contributed by atoms with Crippen molar-refractivity contribution >= 4 is 29.2 Å². The van der Waals surface area contributed by atoms with Gasteiger partial charge < -0.3 is 15.8 Å². The second-order valence-corrected chi connectivity index (χ2v) is 4.49. The molecule has 1 aromatic heterocycles. The van der Waals surface area contributed by atoms with Crippen molar-refractivity contribution in [2.45, 2.75) is 5.51 Å². The molecule has 19 heavy (non-hydrogen) atoms. The molecular weight excluding hydrogens is 283 g/mol. The number of aromatic nitrogens is 1. The minimum Gasteiger partial charge on any atom is -0.465 e. The maximum absolute atomic E-state index is 11.9. The summed E-state index contributed by atoms with van der Waals surface area (Å²) in [6, 6.07) is 1.37. The predicted octanol–water partition coefficient (Wildman–Crippen LogP) is 2.12. The van der Waals surface area contributed by atoms with Crippen molar-refractivity contribution in [1.29, 1.82) is 0 Å². The Bertz CT molecular complexity index is 454. The highest BCUT2D eigenvalue weighted by molar-refractivity contribution is 8.00. The summed E-state index contributed by atoms with van der Waals surface area (Å²) in [5.41, 5.74) is 1.57. The molecule has 0 aliphatic heterocycles. The van der Waals surface area contributed by atoms with Crippen molar-refractivity contribution in [2.24, 2.45) is 0 Å². The van der Waals surface area contributed by atoms with E-state index in [1.807, 2.05) is 0 Å². The fraction of sp³-hybridized carbons (Fsp3) is 0.400. The molecule has 3 N–H and O–H groups in total. The zero-order chi connectivity index (χ0) is 14.5. The Labute approximate surface area is 111 Å². The quantitative estimate of drug-likeness (QED) is 0.640. The van der Waals surface area contributed by atoms with Gasteiger partial charge in [-0.1, -0.05) is 0 Å². The van der Waals surface area contributed by atoms with Crippen molar-refractivity contribution in [2.75, 3.05) is 30.5 Å². The number of carbonyl (C=O) groups is 1. The van der Waals surface area contributed by atoms with Crippen LogP contribution in [0.15, 0.2) is 12.3 Å². The number of nitrogens with one attached hydrogen (secondary N) is 1. The molecule has 0 atom stereocenters. The van der Waals surface area contributed by atoms with Gasteiger partial charge in [-0.2, -0.15) is 13.2 Å². The SMILES string of the molecule is COC(=O)c1ccnc(NCCSC(F)(F)F)c1N. The van der Waals surface area contributed by atoms with E-state index in [-0.39, 0.29) is 41.1 Å². The lowest BCUT2D eigenvalue weighted by molar-refractivity contribution is -0.0327. The molecule has 0 aliphatic rings. The van der Waals surface area contributed by atoms with Crippen molar-refractivity contribution in [3.8, 4) is 0 Å². The van der Waals surface area contributed by atoms with Crippen LogP contribution in [0.5, 0.6) is 0 Å². The van der Waals surface area contributed by atoms with Crippen LogP contribution in [0.3, 0.4) is 0 Å². The molecule has 1 rings (SSSR count). The first-order chi connectivity index (χ1) is 8.85. The number of methoxy groups -OCH3 is 1. The third-order valence-corrected chi connectivity index (χ3v) is 2.79. The first-order valence-electron chi connectivity index (χ1n) is 5.12. The predicted molar refractivity (Wildman–Crippen MR) is 67.0 cm³/mol. The van der Waals surface area contributed by atoms with Crippen molar-refractivity contribution in [1.82, 2.24) is 4.98 Å². The average molecular weight is 295 g/mol. The molecule has 9 heteroatoms. The highest BCUT2D eigenvalue weighted by Gasteiger charge is 2.27. The summed E-state index contributed by atoms with van der Waals surface area (Å²) in [7, 11) is 1.20. The number of nitrogens with two attached hydrogens (primary N) is 1. The first kappa shape index (κ1) is 15.4. The number of hydrogen-bond acceptors (Lipinski definition) is 6. The summed E-state index contributed by atoms with van der Waals surface area (Å²) in [6.07, 6.45) is 1.32. The number of hydrogen-bond donors (Lipinski definition) is 2. The van der Waals surface area contributed by atoms with Crippen LogP contribution in [-0.2, 0) is 4.74 Å². The van der Waals surface area contributed by atoms with E-state index in [9.17, 15) is 18.0 Å². The van der Waals surface area contributed by atoms with Crippen molar-refractivity contribution in [3.05, 3.63) is 17.8 Å². The number of nitrogens with zero attached hydrogens (tertiary/aromatic N) is 1. The fourth-order valence-electron chi connectivity index (χ4n) is 1.24. The van der Waals surface area contributed by atoms with Gasteiger partial charge in [-0.25, -0.2) is 9.78 Å². The second-order valence-electron chi connectivity index (χ2n) is 3.33. The Balaban J connectivity index is 2.62. The van der Waals surface area contributed by atoms with Gasteiger partial charge in [0, 0.05) is 18.5 Å². The monoisotopic (exact) mass is 295 g/mol. The maximum Gasteiger partial charge on any atom is 0.441 e. The maximum atomic E-state index is 11.9. The van der Waals surface area contributed by atoms with Gasteiger partial charge in [0.25, 0.3) is 0 Å². The molecule has 0 amide bonds. The van der Waals surface area contributed by atoms with Gasteiger partial charge in [0.1, 0.15) is 5.82 Å². The Hall–Kier alpha value is -1.64. The molecule has 0 bridgehead atoms. The standard InChI is InChI=1S/C10H12F3N3O2S/c1-18-9(17)6-2-3-15-8(7(6)14)16-4-5-19-10(11,12)13/h2-3H,4-5,14H2,1H3,(H,15,16). The van der Waals surface area contributed by atoms with Crippen LogP contribution in [0.25, 0.3) is 0 Å². The molecule has 0 aliphatic carbocycles. The minimum absolute atomic E-state index is 0.0198. The molecule has 0 radical (unpaired) electrons. The van der Waals surface area contributed by atoms with Crippen molar-refractivity contribution < 1.29 is 22.7 Å². The average Bonchev–Trinajstić information content (AvgIpc) is 2.34. The minimum atomic E-state index is -4.27. The Kier molecular flexibility index (Phi) is 5.28. The number of carbonyl (C=O) groups excluding carboxylic acids is 1. The van der Waals surface area contributed by atoms with Gasteiger partial charge in [-0.15, -0.1) is 0 Å². The van der Waals surface area contributed by atoms with Crippen molar-refractivity contribution in [3.63, 3.8) is 0 Å². The molecule has 0 fully saturated rings. The molecule has 0 saturated heterocycles. The van der Waals surface area contributed by atoms with Crippen LogP contribution in [0, 0.1) is 0 Å². The molecule has 1 heterocycles. The van der Waals surface area contributed by atoms with E-state index in [1.54, 1.807) is 0 Å². The number of thioether (sulfide) groups is 1. The van der Waals surface area contributed by atoms with E-state index in [0.717, 1.165) is 0 Å². The molecule has 0 spiro atoms. The second kappa shape index (κ2) is 6.50. The molecule has 1 aromatic rings. The highest BCUT2D eigenvalue weighted by atomic mass is 32.2. The number of halogens is 3. The lowest BCUT2D eigenvalue weighted by atomic mass is 10.2. The first-order valence-corrected chi connectivity index (χ1v) is 6.11. The normalized spacial score (nSPS) is 11.2. The Morgan fingerprint density at radius 2 is 2.26 bits per heavy atom. The molecule has 106 valence electrons. The summed E-state index contributed by atoms with van der Waals surface area (Å²) >= 11 is -0.149. The largest absolute Gasteiger partial charge is 0.465 e. The number of nitrogen functional groups attached to an aromatic ring is 1. The Morgan fingerprint density at radius 1 is 1.58 bits per heavy atom. The van der Waals surface area contributed by atoms with Gasteiger partial charge in [-0.05, 0) is 17.8 Å². The van der Waals surface area contributed by atoms with Crippen LogP contribution >= 0.6 is 11.8 Å². The van der Waals surface area contributed by atoms with Crippen LogP contribution in [0.2, 0.25) is 0 Å². The molecule has 5 nitrogen and oxygen atoms in total. The van der Waals surface area contributed by atoms with Crippen LogP contribution in [0.1, 0.15) is 10.4 Å². The number of rotatable bonds is 5. The van der Waals surface area contributed by atoms with E-state index < -0.39 is 11.5 Å². The molecular formula is C10H12F3N3O2S. The summed E-state index contributed by atoms with van der Waals surface area (Å²) in [5, 5.41) is 2.64. The van der Waals surface area contributed by atoms with Gasteiger partial charge in [0.2, 0.25) is 0 Å². The smallest absolute Gasteiger partial charge is 0.441 e. The van der Waals surface area contributed by atoms with Gasteiger partial charge in [0.15, 0.2) is 0 Å². The fourth-order valence-corrected chi connectivity index (χ4v) is 1.67. The van der Waals surface area contributed by atoms with E-state index in [2.05, 4.69) is 15.0 Å². The van der Waals surface area contributed by atoms with E-state index in [0.29, 0.717) is 0 Å². The molecule has 0 saturated carbocycles. The van der Waals surface area contributed by atoms with Gasteiger partial charge in [-0.3, -0.25) is 0 Å². The zero-order valence-electron chi connectivity index (χ0n) is 9.95. The molecule has 0 aromatic carbocycles. The topological polar surface area (TPSA) is 77.2 Å². The Morgan fingerprint density at radius 3 is 2.84 bits per heavy atom. The third-order valence-electron chi connectivity index (χ3n) is 2.06. The summed E-state index contributed by atoms with van der Waals surface area (Å²) in [4.78, 5) is 15.2. The van der Waals surface area contributed by atoms with E-state index in [4.69, 9.17) is 5.73 Å². The number of pyridine rings is 1. The lowest BCUT2D eigenvalue weighted by Gasteiger charge is -2.11. The number of alkyl halides is 3. The van der Waals surface area contributed by atoms with Crippen LogP contribution in [-0.4, -0.2) is 35.9 Å². The highest BCUT2D eigenvalue weighted by Crippen LogP contribution is 2.29. The summed E-state index contributed by atoms with van der Waals surface area (Å²) < 4.78 is 40.2. The van der Waals surface area contributed by atoms with Gasteiger partial charge in [0.05, 0.1) is 18.4 Å². The van der Waals surface area contributed by atoms with Crippen LogP contribution in [0.4, 0.5) is 24.7 Å². The van der Waals surface area contributed by atoms with E-state index >= 15 is 0 Å². The summed E-state index contributed by atoms with van der Waals surface area (Å²) in [5.74, 6) is -0.661. The number of esters is 1. The third kappa shape index (κ3) is 4.86. The number of ether oxygens (including phenoxy) is 1. The summed E-state index contributed by atoms with van der Waals surface area (Å²) in [6.45, 7) is 0.0198.